The molecule has 1 aromatic carbocycles. The Labute approximate surface area is 109 Å². The second kappa shape index (κ2) is 6.01. The summed E-state index contributed by atoms with van der Waals surface area (Å²) in [7, 11) is 0. The van der Waals surface area contributed by atoms with Gasteiger partial charge in [-0.2, -0.15) is 0 Å². The van der Waals surface area contributed by atoms with Crippen LogP contribution >= 0.6 is 0 Å². The Hall–Kier alpha value is -1.35. The Balaban J connectivity index is 1.69. The number of rotatable bonds is 5. The maximum absolute atomic E-state index is 11.5. The second-order valence-electron chi connectivity index (χ2n) is 5.43. The number of amides is 1. The molecule has 0 unspecified atom stereocenters. The van der Waals surface area contributed by atoms with Crippen LogP contribution in [-0.4, -0.2) is 23.9 Å². The van der Waals surface area contributed by atoms with Gasteiger partial charge in [-0.1, -0.05) is 38.1 Å². The van der Waals surface area contributed by atoms with Gasteiger partial charge in [0.2, 0.25) is 5.91 Å². The first kappa shape index (κ1) is 13.1. The summed E-state index contributed by atoms with van der Waals surface area (Å²) in [6.07, 6.45) is 0.625. The van der Waals surface area contributed by atoms with E-state index in [9.17, 15) is 4.79 Å². The van der Waals surface area contributed by atoms with E-state index in [1.807, 2.05) is 0 Å². The van der Waals surface area contributed by atoms with Gasteiger partial charge in [0.15, 0.2) is 0 Å². The van der Waals surface area contributed by atoms with Gasteiger partial charge in [-0.3, -0.25) is 9.69 Å². The van der Waals surface area contributed by atoms with Gasteiger partial charge in [0.25, 0.3) is 0 Å². The maximum atomic E-state index is 11.5. The normalized spacial score (nSPS) is 14.8. The van der Waals surface area contributed by atoms with Crippen LogP contribution in [0.1, 0.15) is 31.4 Å². The van der Waals surface area contributed by atoms with E-state index in [0.29, 0.717) is 12.3 Å². The molecule has 1 aromatic rings. The average Bonchev–Trinajstić information content (AvgIpc) is 2.70. The molecule has 0 radical (unpaired) electrons. The Morgan fingerprint density at radius 3 is 2.44 bits per heavy atom. The van der Waals surface area contributed by atoms with Crippen molar-refractivity contribution in [1.82, 2.24) is 10.2 Å². The summed E-state index contributed by atoms with van der Waals surface area (Å²) in [6, 6.07) is 8.55. The van der Waals surface area contributed by atoms with Crippen molar-refractivity contribution >= 4 is 5.91 Å². The van der Waals surface area contributed by atoms with Crippen LogP contribution in [0.3, 0.4) is 0 Å². The minimum absolute atomic E-state index is 0.168. The van der Waals surface area contributed by atoms with Crippen molar-refractivity contribution in [2.45, 2.75) is 33.4 Å². The van der Waals surface area contributed by atoms with Crippen LogP contribution in [0.4, 0.5) is 0 Å². The molecule has 0 atom stereocenters. The molecule has 0 aromatic heterocycles. The monoisotopic (exact) mass is 246 g/mol. The summed E-state index contributed by atoms with van der Waals surface area (Å²) in [5, 5.41) is 2.99. The molecule has 0 saturated heterocycles. The Kier molecular flexibility index (Phi) is 4.37. The summed E-state index contributed by atoms with van der Waals surface area (Å²) in [5.41, 5.74) is 2.84. The van der Waals surface area contributed by atoms with Gasteiger partial charge in [-0.05, 0) is 17.0 Å². The topological polar surface area (TPSA) is 32.3 Å². The fourth-order valence-corrected chi connectivity index (χ4v) is 2.36. The van der Waals surface area contributed by atoms with Gasteiger partial charge in [-0.15, -0.1) is 0 Å². The van der Waals surface area contributed by atoms with Crippen LogP contribution in [0.15, 0.2) is 24.3 Å². The van der Waals surface area contributed by atoms with Crippen molar-refractivity contribution in [3.05, 3.63) is 35.4 Å². The Morgan fingerprint density at radius 1 is 1.28 bits per heavy atom. The molecule has 0 spiro atoms. The summed E-state index contributed by atoms with van der Waals surface area (Å²) in [4.78, 5) is 13.9. The van der Waals surface area contributed by atoms with Gasteiger partial charge in [-0.25, -0.2) is 0 Å². The van der Waals surface area contributed by atoms with Gasteiger partial charge < -0.3 is 5.32 Å². The quantitative estimate of drug-likeness (QED) is 0.863. The van der Waals surface area contributed by atoms with Crippen molar-refractivity contribution in [3.63, 3.8) is 0 Å². The molecule has 0 aliphatic carbocycles. The third-order valence-corrected chi connectivity index (χ3v) is 3.25. The first-order valence-corrected chi connectivity index (χ1v) is 6.71. The number of hydrogen-bond donors (Lipinski definition) is 1. The molecule has 18 heavy (non-hydrogen) atoms. The lowest BCUT2D eigenvalue weighted by molar-refractivity contribution is -0.121. The SMILES string of the molecule is CC(C)CC(=O)NCCN1Cc2ccccc2C1. The fraction of sp³-hybridized carbons (Fsp3) is 0.533. The predicted molar refractivity (Wildman–Crippen MR) is 73.0 cm³/mol. The molecule has 1 amide bonds. The predicted octanol–water partition coefficient (Wildman–Crippen LogP) is 2.16. The molecule has 0 bridgehead atoms. The van der Waals surface area contributed by atoms with E-state index < -0.39 is 0 Å². The summed E-state index contributed by atoms with van der Waals surface area (Å²) < 4.78 is 0. The zero-order valence-electron chi connectivity index (χ0n) is 11.3. The highest BCUT2D eigenvalue weighted by atomic mass is 16.1. The summed E-state index contributed by atoms with van der Waals surface area (Å²) in [6.45, 7) is 7.83. The van der Waals surface area contributed by atoms with E-state index in [2.05, 4.69) is 48.3 Å². The lowest BCUT2D eigenvalue weighted by Gasteiger charge is -2.15. The molecular formula is C15H22N2O. The highest BCUT2D eigenvalue weighted by molar-refractivity contribution is 5.76. The molecule has 2 rings (SSSR count). The number of nitrogens with zero attached hydrogens (tertiary/aromatic N) is 1. The lowest BCUT2D eigenvalue weighted by Crippen LogP contribution is -2.32. The van der Waals surface area contributed by atoms with E-state index >= 15 is 0 Å². The minimum Gasteiger partial charge on any atom is -0.355 e. The molecule has 3 heteroatoms. The number of nitrogens with one attached hydrogen (secondary N) is 1. The van der Waals surface area contributed by atoms with Gasteiger partial charge in [0, 0.05) is 32.6 Å². The molecule has 1 aliphatic rings. The largest absolute Gasteiger partial charge is 0.355 e. The fourth-order valence-electron chi connectivity index (χ4n) is 2.36. The Morgan fingerprint density at radius 2 is 1.89 bits per heavy atom. The van der Waals surface area contributed by atoms with Gasteiger partial charge in [0.1, 0.15) is 0 Å². The van der Waals surface area contributed by atoms with Crippen LogP contribution in [-0.2, 0) is 17.9 Å². The van der Waals surface area contributed by atoms with Crippen LogP contribution in [0.5, 0.6) is 0 Å². The van der Waals surface area contributed by atoms with Crippen LogP contribution in [0.25, 0.3) is 0 Å². The van der Waals surface area contributed by atoms with Crippen LogP contribution in [0.2, 0.25) is 0 Å². The molecule has 1 aliphatic heterocycles. The average molecular weight is 246 g/mol. The van der Waals surface area contributed by atoms with Crippen molar-refractivity contribution in [2.75, 3.05) is 13.1 Å². The number of fused-ring (bicyclic) bond motifs is 1. The number of benzene rings is 1. The van der Waals surface area contributed by atoms with E-state index in [1.54, 1.807) is 0 Å². The first-order valence-electron chi connectivity index (χ1n) is 6.71. The molecule has 98 valence electrons. The Bertz CT molecular complexity index is 390. The van der Waals surface area contributed by atoms with Crippen molar-refractivity contribution < 1.29 is 4.79 Å². The smallest absolute Gasteiger partial charge is 0.220 e. The van der Waals surface area contributed by atoms with Crippen molar-refractivity contribution in [1.29, 1.82) is 0 Å². The van der Waals surface area contributed by atoms with E-state index in [4.69, 9.17) is 0 Å². The van der Waals surface area contributed by atoms with Crippen molar-refractivity contribution in [2.24, 2.45) is 5.92 Å². The summed E-state index contributed by atoms with van der Waals surface area (Å²) >= 11 is 0. The third-order valence-electron chi connectivity index (χ3n) is 3.25. The van der Waals surface area contributed by atoms with Crippen LogP contribution < -0.4 is 5.32 Å². The summed E-state index contributed by atoms with van der Waals surface area (Å²) in [5.74, 6) is 0.600. The van der Waals surface area contributed by atoms with Crippen molar-refractivity contribution in [3.8, 4) is 0 Å². The first-order chi connectivity index (χ1) is 8.65. The molecule has 3 nitrogen and oxygen atoms in total. The number of carbonyl (C=O) groups is 1. The molecule has 1 heterocycles. The number of hydrogen-bond acceptors (Lipinski definition) is 2. The molecule has 1 N–H and O–H groups in total. The third kappa shape index (κ3) is 3.57. The minimum atomic E-state index is 0.168. The second-order valence-corrected chi connectivity index (χ2v) is 5.43. The number of carbonyl (C=O) groups excluding carboxylic acids is 1. The lowest BCUT2D eigenvalue weighted by atomic mass is 10.1. The highest BCUT2D eigenvalue weighted by Crippen LogP contribution is 2.21. The van der Waals surface area contributed by atoms with E-state index in [1.165, 1.54) is 11.1 Å². The zero-order chi connectivity index (χ0) is 13.0. The zero-order valence-corrected chi connectivity index (χ0v) is 11.3. The van der Waals surface area contributed by atoms with Gasteiger partial charge >= 0.3 is 0 Å². The highest BCUT2D eigenvalue weighted by Gasteiger charge is 2.17. The van der Waals surface area contributed by atoms with E-state index in [0.717, 1.165) is 26.2 Å². The molecular weight excluding hydrogens is 224 g/mol. The standard InChI is InChI=1S/C15H22N2O/c1-12(2)9-15(18)16-7-8-17-10-13-5-3-4-6-14(13)11-17/h3-6,12H,7-11H2,1-2H3,(H,16,18). The van der Waals surface area contributed by atoms with Gasteiger partial charge in [0.05, 0.1) is 0 Å². The molecule has 0 saturated carbocycles. The van der Waals surface area contributed by atoms with Crippen LogP contribution in [0, 0.1) is 5.92 Å². The molecule has 0 fully saturated rings. The van der Waals surface area contributed by atoms with E-state index in [-0.39, 0.29) is 5.91 Å². The maximum Gasteiger partial charge on any atom is 0.220 e.